The number of hydrogen-bond acceptors (Lipinski definition) is 5. The molecule has 0 saturated heterocycles. The molecule has 2 aromatic carbocycles. The summed E-state index contributed by atoms with van der Waals surface area (Å²) in [6, 6.07) is 14.9. The van der Waals surface area contributed by atoms with Crippen LogP contribution in [0.2, 0.25) is 0 Å². The van der Waals surface area contributed by atoms with Crippen molar-refractivity contribution in [3.8, 4) is 5.75 Å². The Morgan fingerprint density at radius 3 is 2.57 bits per heavy atom. The third kappa shape index (κ3) is 2.81. The van der Waals surface area contributed by atoms with Crippen LogP contribution in [0, 0.1) is 0 Å². The SMILES string of the molecule is COc1ccc(Nc2ncc(=O)nc3ccccc23)cc1. The van der Waals surface area contributed by atoms with Gasteiger partial charge in [-0.2, -0.15) is 0 Å². The van der Waals surface area contributed by atoms with E-state index in [2.05, 4.69) is 15.3 Å². The van der Waals surface area contributed by atoms with Crippen LogP contribution in [0.5, 0.6) is 5.75 Å². The van der Waals surface area contributed by atoms with Crippen LogP contribution in [0.15, 0.2) is 59.5 Å². The zero-order valence-electron chi connectivity index (χ0n) is 11.4. The number of ether oxygens (including phenoxy) is 1. The summed E-state index contributed by atoms with van der Waals surface area (Å²) in [5, 5.41) is 3.99. The molecule has 1 N–H and O–H groups in total. The van der Waals surface area contributed by atoms with E-state index in [-0.39, 0.29) is 5.56 Å². The van der Waals surface area contributed by atoms with E-state index in [1.165, 1.54) is 6.20 Å². The summed E-state index contributed by atoms with van der Waals surface area (Å²) < 4.78 is 5.13. The summed E-state index contributed by atoms with van der Waals surface area (Å²) in [6.45, 7) is 0. The predicted octanol–water partition coefficient (Wildman–Crippen LogP) is 2.74. The quantitative estimate of drug-likeness (QED) is 0.798. The summed E-state index contributed by atoms with van der Waals surface area (Å²) >= 11 is 0. The lowest BCUT2D eigenvalue weighted by molar-refractivity contribution is 0.415. The number of para-hydroxylation sites is 1. The Labute approximate surface area is 121 Å². The Morgan fingerprint density at radius 1 is 1.05 bits per heavy atom. The number of aromatic nitrogens is 2. The second-order valence-electron chi connectivity index (χ2n) is 4.43. The molecule has 1 aromatic heterocycles. The highest BCUT2D eigenvalue weighted by atomic mass is 16.5. The lowest BCUT2D eigenvalue weighted by atomic mass is 10.2. The molecule has 0 radical (unpaired) electrons. The maximum atomic E-state index is 11.6. The van der Waals surface area contributed by atoms with Crippen molar-refractivity contribution in [1.29, 1.82) is 0 Å². The normalized spacial score (nSPS) is 10.3. The van der Waals surface area contributed by atoms with Gasteiger partial charge in [-0.15, -0.1) is 0 Å². The number of benzene rings is 2. The van der Waals surface area contributed by atoms with Gasteiger partial charge in [0.1, 0.15) is 11.6 Å². The number of rotatable bonds is 3. The molecule has 1 heterocycles. The first-order chi connectivity index (χ1) is 10.3. The number of methoxy groups -OCH3 is 1. The van der Waals surface area contributed by atoms with E-state index in [1.807, 2.05) is 42.5 Å². The maximum Gasteiger partial charge on any atom is 0.288 e. The smallest absolute Gasteiger partial charge is 0.288 e. The molecule has 0 unspecified atom stereocenters. The number of nitrogens with one attached hydrogen (secondary N) is 1. The molecule has 0 amide bonds. The summed E-state index contributed by atoms with van der Waals surface area (Å²) in [7, 11) is 1.62. The molecular formula is C16H13N3O2. The topological polar surface area (TPSA) is 64.1 Å². The van der Waals surface area contributed by atoms with Gasteiger partial charge in [0, 0.05) is 11.1 Å². The zero-order chi connectivity index (χ0) is 14.7. The van der Waals surface area contributed by atoms with Crippen LogP contribution in [0.25, 0.3) is 10.9 Å². The highest BCUT2D eigenvalue weighted by Crippen LogP contribution is 2.23. The Hall–Kier alpha value is -2.95. The molecule has 0 fully saturated rings. The highest BCUT2D eigenvalue weighted by molar-refractivity contribution is 5.90. The van der Waals surface area contributed by atoms with E-state index < -0.39 is 0 Å². The van der Waals surface area contributed by atoms with Crippen molar-refractivity contribution in [1.82, 2.24) is 9.97 Å². The van der Waals surface area contributed by atoms with Crippen molar-refractivity contribution in [2.45, 2.75) is 0 Å². The molecule has 0 bridgehead atoms. The molecule has 0 aliphatic rings. The first-order valence-corrected chi connectivity index (χ1v) is 6.43. The van der Waals surface area contributed by atoms with Gasteiger partial charge in [-0.3, -0.25) is 4.79 Å². The molecule has 0 spiro atoms. The van der Waals surface area contributed by atoms with Crippen LogP contribution in [-0.4, -0.2) is 17.1 Å². The number of anilines is 2. The Kier molecular flexibility index (Phi) is 3.47. The summed E-state index contributed by atoms with van der Waals surface area (Å²) in [4.78, 5) is 19.7. The van der Waals surface area contributed by atoms with Gasteiger partial charge in [0.05, 0.1) is 18.8 Å². The van der Waals surface area contributed by atoms with Crippen LogP contribution < -0.4 is 15.6 Å². The molecule has 0 aliphatic carbocycles. The minimum Gasteiger partial charge on any atom is -0.497 e. The average molecular weight is 279 g/mol. The standard InChI is InChI=1S/C16H13N3O2/c1-21-12-8-6-11(7-9-12)18-16-13-4-2-3-5-14(13)19-15(20)10-17-16/h2-10,18H,1H3. The van der Waals surface area contributed by atoms with E-state index >= 15 is 0 Å². The minimum atomic E-state index is -0.367. The van der Waals surface area contributed by atoms with Gasteiger partial charge in [-0.1, -0.05) is 12.1 Å². The fourth-order valence-electron chi connectivity index (χ4n) is 2.02. The molecule has 0 aliphatic heterocycles. The molecule has 3 rings (SSSR count). The fourth-order valence-corrected chi connectivity index (χ4v) is 2.02. The van der Waals surface area contributed by atoms with Crippen molar-refractivity contribution in [2.24, 2.45) is 0 Å². The van der Waals surface area contributed by atoms with Crippen molar-refractivity contribution in [2.75, 3.05) is 12.4 Å². The number of fused-ring (bicyclic) bond motifs is 1. The van der Waals surface area contributed by atoms with Crippen molar-refractivity contribution in [3.63, 3.8) is 0 Å². The highest BCUT2D eigenvalue weighted by Gasteiger charge is 2.03. The first-order valence-electron chi connectivity index (χ1n) is 6.43. The predicted molar refractivity (Wildman–Crippen MR) is 82.1 cm³/mol. The molecule has 0 saturated carbocycles. The third-order valence-electron chi connectivity index (χ3n) is 3.05. The van der Waals surface area contributed by atoms with E-state index in [9.17, 15) is 4.79 Å². The van der Waals surface area contributed by atoms with Crippen LogP contribution in [0.1, 0.15) is 0 Å². The van der Waals surface area contributed by atoms with E-state index in [0.29, 0.717) is 11.3 Å². The summed E-state index contributed by atoms with van der Waals surface area (Å²) in [6.07, 6.45) is 1.21. The molecular weight excluding hydrogens is 266 g/mol. The van der Waals surface area contributed by atoms with Crippen LogP contribution in [0.3, 0.4) is 0 Å². The molecule has 3 aromatic rings. The van der Waals surface area contributed by atoms with Gasteiger partial charge in [0.15, 0.2) is 0 Å². The van der Waals surface area contributed by atoms with E-state index in [4.69, 9.17) is 4.74 Å². The molecule has 104 valence electrons. The van der Waals surface area contributed by atoms with Gasteiger partial charge >= 0.3 is 0 Å². The Bertz CT molecular complexity index is 832. The minimum absolute atomic E-state index is 0.367. The van der Waals surface area contributed by atoms with E-state index in [0.717, 1.165) is 16.8 Å². The van der Waals surface area contributed by atoms with Crippen LogP contribution >= 0.6 is 0 Å². The summed E-state index contributed by atoms with van der Waals surface area (Å²) in [5.74, 6) is 1.37. The Balaban J connectivity index is 2.07. The molecule has 0 atom stereocenters. The second-order valence-corrected chi connectivity index (χ2v) is 4.43. The van der Waals surface area contributed by atoms with Crippen LogP contribution in [-0.2, 0) is 0 Å². The zero-order valence-corrected chi connectivity index (χ0v) is 11.4. The second kappa shape index (κ2) is 5.58. The van der Waals surface area contributed by atoms with Gasteiger partial charge in [0.25, 0.3) is 5.56 Å². The van der Waals surface area contributed by atoms with Gasteiger partial charge < -0.3 is 10.1 Å². The maximum absolute atomic E-state index is 11.6. The lowest BCUT2D eigenvalue weighted by Crippen LogP contribution is -1.99. The van der Waals surface area contributed by atoms with E-state index in [1.54, 1.807) is 13.2 Å². The number of hydrogen-bond donors (Lipinski definition) is 1. The molecule has 5 heteroatoms. The number of nitrogens with zero attached hydrogens (tertiary/aromatic N) is 2. The molecule has 5 nitrogen and oxygen atoms in total. The fraction of sp³-hybridized carbons (Fsp3) is 0.0625. The summed E-state index contributed by atoms with van der Waals surface area (Å²) in [5.41, 5.74) is 1.09. The van der Waals surface area contributed by atoms with Crippen molar-refractivity contribution in [3.05, 3.63) is 65.1 Å². The average Bonchev–Trinajstić information content (AvgIpc) is 2.67. The lowest BCUT2D eigenvalue weighted by Gasteiger charge is -2.06. The van der Waals surface area contributed by atoms with Crippen molar-refractivity contribution >= 4 is 22.4 Å². The van der Waals surface area contributed by atoms with Crippen LogP contribution in [0.4, 0.5) is 11.5 Å². The third-order valence-corrected chi connectivity index (χ3v) is 3.05. The van der Waals surface area contributed by atoms with Gasteiger partial charge in [0.2, 0.25) is 0 Å². The first kappa shape index (κ1) is 13.1. The largest absolute Gasteiger partial charge is 0.497 e. The van der Waals surface area contributed by atoms with Gasteiger partial charge in [-0.25, -0.2) is 9.97 Å². The Morgan fingerprint density at radius 2 is 1.81 bits per heavy atom. The monoisotopic (exact) mass is 279 g/mol. The molecule has 21 heavy (non-hydrogen) atoms. The van der Waals surface area contributed by atoms with Gasteiger partial charge in [-0.05, 0) is 36.4 Å². The van der Waals surface area contributed by atoms with Crippen molar-refractivity contribution < 1.29 is 4.74 Å².